The number of fused-ring (bicyclic) bond motifs is 1. The predicted molar refractivity (Wildman–Crippen MR) is 140 cm³/mol. The lowest BCUT2D eigenvalue weighted by molar-refractivity contribution is 0.341. The summed E-state index contributed by atoms with van der Waals surface area (Å²) < 4.78 is 54.9. The molecule has 1 saturated carbocycles. The second-order valence-electron chi connectivity index (χ2n) is 9.15. The maximum Gasteiger partial charge on any atom is 0.277 e. The number of H-pyrrole nitrogens is 1. The van der Waals surface area contributed by atoms with Gasteiger partial charge >= 0.3 is 0 Å². The van der Waals surface area contributed by atoms with E-state index in [-0.39, 0.29) is 33.6 Å². The molecule has 2 aromatic carbocycles. The first kappa shape index (κ1) is 25.7. The van der Waals surface area contributed by atoms with Crippen molar-refractivity contribution in [2.75, 3.05) is 18.4 Å². The van der Waals surface area contributed by atoms with Crippen LogP contribution in [0.3, 0.4) is 0 Å². The lowest BCUT2D eigenvalue weighted by atomic mass is 10.1. The molecule has 38 heavy (non-hydrogen) atoms. The van der Waals surface area contributed by atoms with Gasteiger partial charge in [0.1, 0.15) is 11.6 Å². The topological polar surface area (TPSA) is 128 Å². The number of aromatic amines is 1. The molecule has 5 rings (SSSR count). The molecule has 1 fully saturated rings. The van der Waals surface area contributed by atoms with Crippen LogP contribution in [0.15, 0.2) is 46.1 Å². The van der Waals surface area contributed by atoms with Gasteiger partial charge in [0.2, 0.25) is 0 Å². The summed E-state index contributed by atoms with van der Waals surface area (Å²) >= 11 is 0. The minimum atomic E-state index is -4.14. The number of nitrogens with one attached hydrogen (secondary N) is 2. The Balaban J connectivity index is 1.58. The summed E-state index contributed by atoms with van der Waals surface area (Å²) in [6.07, 6.45) is 4.17. The number of aromatic nitrogens is 4. The third-order valence-electron chi connectivity index (χ3n) is 6.64. The highest BCUT2D eigenvalue weighted by molar-refractivity contribution is 7.92. The van der Waals surface area contributed by atoms with Gasteiger partial charge < -0.3 is 14.5 Å². The van der Waals surface area contributed by atoms with Crippen LogP contribution in [-0.4, -0.2) is 41.7 Å². The molecule has 4 aromatic rings. The van der Waals surface area contributed by atoms with Crippen LogP contribution in [0.4, 0.5) is 10.1 Å². The highest BCUT2D eigenvalue weighted by Gasteiger charge is 2.26. The first-order valence-corrected chi connectivity index (χ1v) is 13.8. The molecule has 0 spiro atoms. The van der Waals surface area contributed by atoms with Crippen molar-refractivity contribution in [3.63, 3.8) is 0 Å². The van der Waals surface area contributed by atoms with Crippen LogP contribution in [0, 0.1) is 12.7 Å². The van der Waals surface area contributed by atoms with Crippen molar-refractivity contribution in [2.45, 2.75) is 50.3 Å². The van der Waals surface area contributed by atoms with Gasteiger partial charge in [-0.05, 0) is 63.1 Å². The van der Waals surface area contributed by atoms with E-state index in [1.807, 2.05) is 6.92 Å². The maximum atomic E-state index is 14.2. The molecule has 0 amide bonds. The highest BCUT2D eigenvalue weighted by atomic mass is 32.2. The van der Waals surface area contributed by atoms with Gasteiger partial charge in [-0.2, -0.15) is 0 Å². The molecule has 0 atom stereocenters. The number of methoxy groups -OCH3 is 1. The Morgan fingerprint density at radius 3 is 2.58 bits per heavy atom. The predicted octanol–water partition coefficient (Wildman–Crippen LogP) is 4.40. The average Bonchev–Trinajstić information content (AvgIpc) is 3.53. The van der Waals surface area contributed by atoms with Gasteiger partial charge in [0.15, 0.2) is 22.9 Å². The fraction of sp³-hybridized carbons (Fsp3) is 0.346. The third kappa shape index (κ3) is 4.71. The molecule has 10 nitrogen and oxygen atoms in total. The first-order chi connectivity index (χ1) is 18.2. The van der Waals surface area contributed by atoms with Crippen LogP contribution in [-0.2, 0) is 10.0 Å². The summed E-state index contributed by atoms with van der Waals surface area (Å²) in [6, 6.07) is 8.01. The first-order valence-electron chi connectivity index (χ1n) is 12.3. The minimum absolute atomic E-state index is 0.0653. The van der Waals surface area contributed by atoms with Crippen LogP contribution in [0.5, 0.6) is 11.5 Å². The molecule has 12 heteroatoms. The van der Waals surface area contributed by atoms with E-state index >= 15 is 0 Å². The van der Waals surface area contributed by atoms with Gasteiger partial charge in [0.05, 0.1) is 29.9 Å². The van der Waals surface area contributed by atoms with Crippen molar-refractivity contribution >= 4 is 21.2 Å². The Kier molecular flexibility index (Phi) is 6.82. The van der Waals surface area contributed by atoms with Crippen LogP contribution >= 0.6 is 0 Å². The van der Waals surface area contributed by atoms with E-state index in [0.29, 0.717) is 29.1 Å². The van der Waals surface area contributed by atoms with Gasteiger partial charge in [0, 0.05) is 11.6 Å². The van der Waals surface area contributed by atoms with Crippen LogP contribution in [0.25, 0.3) is 16.9 Å². The van der Waals surface area contributed by atoms with Crippen molar-refractivity contribution in [2.24, 2.45) is 0 Å². The largest absolute Gasteiger partial charge is 0.494 e. The summed E-state index contributed by atoms with van der Waals surface area (Å²) in [6.45, 7) is 3.94. The van der Waals surface area contributed by atoms with E-state index < -0.39 is 15.8 Å². The van der Waals surface area contributed by atoms with E-state index in [9.17, 15) is 17.6 Å². The Bertz CT molecular complexity index is 1680. The molecule has 0 unspecified atom stereocenters. The molecule has 0 bridgehead atoms. The number of benzene rings is 2. The number of imidazole rings is 1. The van der Waals surface area contributed by atoms with E-state index in [0.717, 1.165) is 37.6 Å². The Morgan fingerprint density at radius 1 is 1.16 bits per heavy atom. The number of sulfonamides is 1. The number of anilines is 1. The quantitative estimate of drug-likeness (QED) is 0.338. The molecular weight excluding hydrogens is 513 g/mol. The van der Waals surface area contributed by atoms with Crippen molar-refractivity contribution in [1.29, 1.82) is 0 Å². The number of nitrogens with zero attached hydrogens (tertiary/aromatic N) is 3. The lowest BCUT2D eigenvalue weighted by Crippen LogP contribution is -2.17. The Hall–Kier alpha value is -3.93. The number of hydrogen-bond acceptors (Lipinski definition) is 7. The average molecular weight is 542 g/mol. The lowest BCUT2D eigenvalue weighted by Gasteiger charge is -2.14. The number of ether oxygens (including phenoxy) is 2. The Labute approximate surface area is 218 Å². The molecule has 2 aromatic heterocycles. The van der Waals surface area contributed by atoms with Crippen molar-refractivity contribution in [1.82, 2.24) is 19.6 Å². The summed E-state index contributed by atoms with van der Waals surface area (Å²) in [5.74, 6) is 0.717. The summed E-state index contributed by atoms with van der Waals surface area (Å²) in [7, 11) is -2.84. The fourth-order valence-electron chi connectivity index (χ4n) is 4.85. The van der Waals surface area contributed by atoms with Crippen molar-refractivity contribution < 1.29 is 22.3 Å². The Morgan fingerprint density at radius 2 is 1.89 bits per heavy atom. The summed E-state index contributed by atoms with van der Waals surface area (Å²) in [4.78, 5) is 20.3. The zero-order valence-electron chi connectivity index (χ0n) is 21.2. The van der Waals surface area contributed by atoms with E-state index in [1.54, 1.807) is 17.5 Å². The maximum absolute atomic E-state index is 14.2. The number of aryl methyl sites for hydroxylation is 1. The van der Waals surface area contributed by atoms with Gasteiger partial charge in [-0.3, -0.25) is 9.52 Å². The second-order valence-corrected chi connectivity index (χ2v) is 10.8. The van der Waals surface area contributed by atoms with Gasteiger partial charge in [0.25, 0.3) is 15.6 Å². The monoisotopic (exact) mass is 541 g/mol. The summed E-state index contributed by atoms with van der Waals surface area (Å²) in [5, 5.41) is 4.72. The zero-order chi connectivity index (χ0) is 27.0. The van der Waals surface area contributed by atoms with Crippen molar-refractivity contribution in [3.05, 3.63) is 64.1 Å². The molecule has 1 aliphatic rings. The number of halogens is 1. The third-order valence-corrected chi connectivity index (χ3v) is 8.02. The van der Waals surface area contributed by atoms with E-state index in [2.05, 4.69) is 14.7 Å². The standard InChI is InChI=1S/C26H28FN5O5S/c1-4-37-21-11-9-17(31-38(34,35)18-10-12-22(36-3)20(27)14-18)13-19(21)24-29-26(33)23-15(2)28-25(32(23)30-24)16-7-5-6-8-16/h9-14,16,31H,4-8H2,1-3H3,(H,29,30,33). The SMILES string of the molecule is CCOc1ccc(NS(=O)(=O)c2ccc(OC)c(F)c2)cc1-c1nn2c(C3CCCC3)nc(C)c2c(=O)[nH]1. The summed E-state index contributed by atoms with van der Waals surface area (Å²) in [5.41, 5.74) is 1.19. The molecule has 0 saturated heterocycles. The van der Waals surface area contributed by atoms with Crippen LogP contribution in [0.2, 0.25) is 0 Å². The smallest absolute Gasteiger partial charge is 0.277 e. The van der Waals surface area contributed by atoms with Gasteiger partial charge in [-0.1, -0.05) is 12.8 Å². The van der Waals surface area contributed by atoms with Gasteiger partial charge in [-0.25, -0.2) is 22.3 Å². The second kappa shape index (κ2) is 10.1. The molecule has 0 radical (unpaired) electrons. The normalized spacial score (nSPS) is 14.2. The molecule has 2 N–H and O–H groups in total. The van der Waals surface area contributed by atoms with E-state index in [4.69, 9.17) is 14.6 Å². The zero-order valence-corrected chi connectivity index (χ0v) is 22.1. The number of rotatable bonds is 8. The van der Waals surface area contributed by atoms with E-state index in [1.165, 1.54) is 31.4 Å². The van der Waals surface area contributed by atoms with Crippen LogP contribution < -0.4 is 19.8 Å². The molecule has 0 aliphatic heterocycles. The van der Waals surface area contributed by atoms with Crippen LogP contribution in [0.1, 0.15) is 50.0 Å². The number of hydrogen-bond donors (Lipinski definition) is 2. The van der Waals surface area contributed by atoms with Crippen molar-refractivity contribution in [3.8, 4) is 22.9 Å². The minimum Gasteiger partial charge on any atom is -0.494 e. The highest BCUT2D eigenvalue weighted by Crippen LogP contribution is 2.35. The molecule has 200 valence electrons. The molecule has 2 heterocycles. The fourth-order valence-corrected chi connectivity index (χ4v) is 5.91. The van der Waals surface area contributed by atoms with Gasteiger partial charge in [-0.15, -0.1) is 5.10 Å². The molecular formula is C26H28FN5O5S. The molecule has 1 aliphatic carbocycles.